The van der Waals surface area contributed by atoms with E-state index < -0.39 is 41.6 Å². The van der Waals surface area contributed by atoms with Crippen molar-refractivity contribution in [2.24, 2.45) is 22.9 Å². The van der Waals surface area contributed by atoms with Crippen LogP contribution in [0.4, 0.5) is 0 Å². The van der Waals surface area contributed by atoms with E-state index in [1.807, 2.05) is 12.2 Å². The van der Waals surface area contributed by atoms with Crippen LogP contribution in [-0.2, 0) is 28.6 Å². The van der Waals surface area contributed by atoms with Crippen LogP contribution in [-0.4, -0.2) is 77.5 Å². The lowest BCUT2D eigenvalue weighted by Crippen LogP contribution is -2.58. The smallest absolute Gasteiger partial charge is 0.316 e. The lowest BCUT2D eigenvalue weighted by molar-refractivity contribution is -0.309. The number of ether oxygens (including phenoxy) is 4. The Hall–Kier alpha value is -2.56. The number of aliphatic hydroxyl groups excluding tert-OH is 1. The van der Waals surface area contributed by atoms with Gasteiger partial charge < -0.3 is 34.0 Å². The van der Waals surface area contributed by atoms with Gasteiger partial charge in [0.15, 0.2) is 5.79 Å². The Morgan fingerprint density at radius 2 is 1.98 bits per heavy atom. The number of rotatable bonds is 3. The fourth-order valence-corrected chi connectivity index (χ4v) is 7.63. The van der Waals surface area contributed by atoms with Gasteiger partial charge in [0.1, 0.15) is 36.9 Å². The lowest BCUT2D eigenvalue weighted by Gasteiger charge is -2.48. The van der Waals surface area contributed by atoms with Crippen LogP contribution >= 0.6 is 0 Å². The lowest BCUT2D eigenvalue weighted by atomic mass is 9.71. The molecule has 5 rings (SSSR count). The minimum absolute atomic E-state index is 0.114. The molecule has 5 aliphatic rings. The average molecular weight is 626 g/mol. The molecule has 9 heteroatoms. The number of hydrogen-bond acceptors (Lipinski definition) is 9. The SMILES string of the molecule is CO/N=C1/C[C@@H](/C(C)=C/C(C)C)O[C@]2(C1)C[C@@H]1C[C@@H](C/C=C(\C)C[C@@H](C)/C=C/C=C3\CO[C@@H]4[C@H](O)C(C)=C[C@@H](C(=O)O1)[C@]34O)O2. The number of esters is 1. The Bertz CT molecular complexity index is 1310. The highest BCUT2D eigenvalue weighted by atomic mass is 16.7. The van der Waals surface area contributed by atoms with E-state index in [4.69, 9.17) is 23.8 Å². The highest BCUT2D eigenvalue weighted by molar-refractivity contribution is 5.86. The molecule has 248 valence electrons. The third-order valence-corrected chi connectivity index (χ3v) is 9.69. The number of carbonyl (C=O) groups is 1. The van der Waals surface area contributed by atoms with Crippen molar-refractivity contribution in [2.75, 3.05) is 13.7 Å². The van der Waals surface area contributed by atoms with E-state index in [0.29, 0.717) is 49.2 Å². The van der Waals surface area contributed by atoms with Crippen molar-refractivity contribution in [2.45, 2.75) is 122 Å². The first-order valence-corrected chi connectivity index (χ1v) is 16.4. The van der Waals surface area contributed by atoms with Gasteiger partial charge in [-0.15, -0.1) is 0 Å². The van der Waals surface area contributed by atoms with Crippen LogP contribution in [0.15, 0.2) is 63.9 Å². The van der Waals surface area contributed by atoms with Crippen molar-refractivity contribution in [1.29, 1.82) is 0 Å². The van der Waals surface area contributed by atoms with Crippen LogP contribution < -0.4 is 0 Å². The van der Waals surface area contributed by atoms with Gasteiger partial charge in [0, 0.05) is 25.7 Å². The topological polar surface area (TPSA) is 116 Å². The molecule has 2 bridgehead atoms. The summed E-state index contributed by atoms with van der Waals surface area (Å²) in [4.78, 5) is 19.3. The van der Waals surface area contributed by atoms with Crippen LogP contribution in [0.3, 0.4) is 0 Å². The molecule has 0 aromatic carbocycles. The molecule has 0 aromatic heterocycles. The fraction of sp³-hybridized carbons (Fsp3) is 0.667. The summed E-state index contributed by atoms with van der Waals surface area (Å²) in [5.74, 6) is -2.08. The predicted octanol–water partition coefficient (Wildman–Crippen LogP) is 5.48. The monoisotopic (exact) mass is 625 g/mol. The van der Waals surface area contributed by atoms with Crippen molar-refractivity contribution in [1.82, 2.24) is 0 Å². The highest BCUT2D eigenvalue weighted by Crippen LogP contribution is 2.47. The molecule has 45 heavy (non-hydrogen) atoms. The standard InChI is InChI=1S/C36H51NO8/c1-21(2)13-24(5)31-16-27(37-41-7)18-35(45-31)19-29-17-28(44-35)12-11-23(4)14-22(3)9-8-10-26-20-42-33-32(38)25(6)15-30(34(39)43-29)36(26,33)40/h8-11,13,15,21-22,28-33,38,40H,12,14,16-20H2,1-7H3/b9-8+,23-11+,24-13+,26-10+,37-27-/t22-,28+,29-,30-,31-,32+,33+,35+,36+/m0/s1. The number of aliphatic hydroxyl groups is 2. The van der Waals surface area contributed by atoms with Crippen molar-refractivity contribution in [3.8, 4) is 0 Å². The summed E-state index contributed by atoms with van der Waals surface area (Å²) >= 11 is 0. The molecule has 0 radical (unpaired) electrons. The minimum atomic E-state index is -1.73. The van der Waals surface area contributed by atoms with Crippen molar-refractivity contribution < 1.29 is 38.8 Å². The molecule has 1 aliphatic carbocycles. The molecule has 4 aliphatic heterocycles. The third-order valence-electron chi connectivity index (χ3n) is 9.69. The van der Waals surface area contributed by atoms with E-state index in [1.165, 1.54) is 5.57 Å². The van der Waals surface area contributed by atoms with Gasteiger partial charge in [0.2, 0.25) is 0 Å². The molecule has 0 saturated carbocycles. The van der Waals surface area contributed by atoms with Crippen molar-refractivity contribution in [3.05, 3.63) is 58.7 Å². The van der Waals surface area contributed by atoms with Crippen LogP contribution in [0, 0.1) is 17.8 Å². The molecule has 3 fully saturated rings. The summed E-state index contributed by atoms with van der Waals surface area (Å²) in [6.45, 7) is 12.5. The number of hydrogen-bond donors (Lipinski definition) is 2. The Balaban J connectivity index is 1.54. The van der Waals surface area contributed by atoms with Gasteiger partial charge >= 0.3 is 5.97 Å². The minimum Gasteiger partial charge on any atom is -0.462 e. The number of oxime groups is 1. The van der Waals surface area contributed by atoms with Gasteiger partial charge in [0.05, 0.1) is 24.5 Å². The van der Waals surface area contributed by atoms with Crippen LogP contribution in [0.25, 0.3) is 0 Å². The molecule has 9 nitrogen and oxygen atoms in total. The number of allylic oxidation sites excluding steroid dienone is 5. The summed E-state index contributed by atoms with van der Waals surface area (Å²) in [6, 6.07) is 0. The third kappa shape index (κ3) is 7.23. The molecule has 2 N–H and O–H groups in total. The van der Waals surface area contributed by atoms with Crippen molar-refractivity contribution >= 4 is 11.7 Å². The molecule has 3 saturated heterocycles. The molecule has 0 unspecified atom stereocenters. The molecule has 0 amide bonds. The fourth-order valence-electron chi connectivity index (χ4n) is 7.63. The second-order valence-corrected chi connectivity index (χ2v) is 14.1. The van der Waals surface area contributed by atoms with E-state index in [9.17, 15) is 15.0 Å². The van der Waals surface area contributed by atoms with Crippen molar-refractivity contribution in [3.63, 3.8) is 0 Å². The van der Waals surface area contributed by atoms with E-state index in [0.717, 1.165) is 17.7 Å². The van der Waals surface area contributed by atoms with E-state index in [2.05, 4.69) is 58.0 Å². The predicted molar refractivity (Wildman–Crippen MR) is 171 cm³/mol. The van der Waals surface area contributed by atoms with E-state index in [-0.39, 0.29) is 24.7 Å². The largest absolute Gasteiger partial charge is 0.462 e. The normalized spacial score (nSPS) is 43.6. The Labute approximate surface area is 267 Å². The van der Waals surface area contributed by atoms with Gasteiger partial charge in [-0.3, -0.25) is 4.79 Å². The average Bonchev–Trinajstić information content (AvgIpc) is 3.29. The summed E-state index contributed by atoms with van der Waals surface area (Å²) in [5.41, 5.74) is 2.55. The Kier molecular flexibility index (Phi) is 10.3. The zero-order valence-electron chi connectivity index (χ0n) is 27.8. The second-order valence-electron chi connectivity index (χ2n) is 14.1. The zero-order chi connectivity index (χ0) is 32.5. The summed E-state index contributed by atoms with van der Waals surface area (Å²) in [6.07, 6.45) is 12.1. The van der Waals surface area contributed by atoms with Gasteiger partial charge in [-0.1, -0.05) is 68.0 Å². The maximum Gasteiger partial charge on any atom is 0.316 e. The number of nitrogens with zero attached hydrogens (tertiary/aromatic N) is 1. The second kappa shape index (κ2) is 13.7. The first-order chi connectivity index (χ1) is 21.3. The number of fused-ring (bicyclic) bond motifs is 2. The quantitative estimate of drug-likeness (QED) is 0.241. The molecular weight excluding hydrogens is 574 g/mol. The van der Waals surface area contributed by atoms with E-state index in [1.54, 1.807) is 20.1 Å². The molecule has 0 aromatic rings. The Morgan fingerprint density at radius 1 is 1.20 bits per heavy atom. The first-order valence-electron chi connectivity index (χ1n) is 16.4. The summed E-state index contributed by atoms with van der Waals surface area (Å²) < 4.78 is 25.8. The van der Waals surface area contributed by atoms with Crippen LogP contribution in [0.1, 0.15) is 80.1 Å². The van der Waals surface area contributed by atoms with Crippen LogP contribution in [0.5, 0.6) is 0 Å². The zero-order valence-corrected chi connectivity index (χ0v) is 27.8. The first kappa shape index (κ1) is 33.8. The van der Waals surface area contributed by atoms with Gasteiger partial charge in [-0.2, -0.15) is 0 Å². The molecule has 1 spiro atoms. The van der Waals surface area contributed by atoms with Gasteiger partial charge in [-0.25, -0.2) is 0 Å². The summed E-state index contributed by atoms with van der Waals surface area (Å²) in [7, 11) is 1.54. The number of carbonyl (C=O) groups excluding carboxylic acids is 1. The maximum absolute atomic E-state index is 14.1. The maximum atomic E-state index is 14.1. The molecule has 9 atom stereocenters. The Morgan fingerprint density at radius 3 is 2.71 bits per heavy atom. The van der Waals surface area contributed by atoms with E-state index >= 15 is 0 Å². The van der Waals surface area contributed by atoms with Gasteiger partial charge in [-0.05, 0) is 62.2 Å². The molecular formula is C36H51NO8. The van der Waals surface area contributed by atoms with Crippen LogP contribution in [0.2, 0.25) is 0 Å². The highest BCUT2D eigenvalue weighted by Gasteiger charge is 2.60. The molecule has 4 heterocycles. The summed E-state index contributed by atoms with van der Waals surface area (Å²) in [5, 5.41) is 27.5. The van der Waals surface area contributed by atoms with Gasteiger partial charge in [0.25, 0.3) is 0 Å².